The fourth-order valence-corrected chi connectivity index (χ4v) is 3.61. The summed E-state index contributed by atoms with van der Waals surface area (Å²) in [7, 11) is 1.64. The second-order valence-electron chi connectivity index (χ2n) is 7.36. The highest BCUT2D eigenvalue weighted by atomic mass is 16.6. The van der Waals surface area contributed by atoms with Gasteiger partial charge in [0.15, 0.2) is 18.1 Å². The van der Waals surface area contributed by atoms with E-state index in [0.717, 1.165) is 45.0 Å². The standard InChI is InChI=1S/C22H26N6O3/c1-14-16(3)27(10-5-11-29)21-20(14)22-24-19(25-28(22)13-23-21)12-31-26-15(2)17-6-8-18(30-4)9-7-17/h6-9,13,29H,5,10-12H2,1-4H3/b26-15+. The highest BCUT2D eigenvalue weighted by Gasteiger charge is 2.17. The van der Waals surface area contributed by atoms with E-state index in [1.165, 1.54) is 0 Å². The minimum absolute atomic E-state index is 0.142. The summed E-state index contributed by atoms with van der Waals surface area (Å²) >= 11 is 0. The second-order valence-corrected chi connectivity index (χ2v) is 7.36. The molecule has 31 heavy (non-hydrogen) atoms. The summed E-state index contributed by atoms with van der Waals surface area (Å²) in [4.78, 5) is 14.8. The van der Waals surface area contributed by atoms with Crippen molar-refractivity contribution in [1.29, 1.82) is 0 Å². The molecule has 0 bridgehead atoms. The summed E-state index contributed by atoms with van der Waals surface area (Å²) in [5.41, 5.74) is 5.52. The lowest BCUT2D eigenvalue weighted by molar-refractivity contribution is 0.125. The first-order valence-electron chi connectivity index (χ1n) is 10.1. The molecule has 3 heterocycles. The van der Waals surface area contributed by atoms with Crippen molar-refractivity contribution in [1.82, 2.24) is 24.1 Å². The van der Waals surface area contributed by atoms with E-state index in [1.807, 2.05) is 31.2 Å². The molecule has 4 rings (SSSR count). The van der Waals surface area contributed by atoms with Crippen LogP contribution in [0.25, 0.3) is 16.7 Å². The molecule has 0 aliphatic carbocycles. The second kappa shape index (κ2) is 8.73. The molecule has 0 unspecified atom stereocenters. The lowest BCUT2D eigenvalue weighted by Gasteiger charge is -2.05. The number of benzene rings is 1. The number of nitrogens with zero attached hydrogens (tertiary/aromatic N) is 6. The van der Waals surface area contributed by atoms with E-state index in [9.17, 15) is 5.11 Å². The number of aliphatic hydroxyl groups is 1. The molecule has 0 fully saturated rings. The Balaban J connectivity index is 1.57. The Hall–Kier alpha value is -3.46. The molecule has 0 saturated heterocycles. The maximum Gasteiger partial charge on any atom is 0.192 e. The Labute approximate surface area is 179 Å². The first kappa shape index (κ1) is 20.8. The van der Waals surface area contributed by atoms with E-state index in [1.54, 1.807) is 18.0 Å². The number of oxime groups is 1. The molecule has 0 radical (unpaired) electrons. The summed E-state index contributed by atoms with van der Waals surface area (Å²) in [5, 5.41) is 18.8. The van der Waals surface area contributed by atoms with E-state index in [4.69, 9.17) is 9.57 Å². The summed E-state index contributed by atoms with van der Waals surface area (Å²) < 4.78 is 8.97. The minimum atomic E-state index is 0.142. The Kier molecular flexibility index (Phi) is 5.85. The van der Waals surface area contributed by atoms with Gasteiger partial charge < -0.3 is 19.2 Å². The van der Waals surface area contributed by atoms with E-state index in [-0.39, 0.29) is 13.2 Å². The molecule has 1 aromatic carbocycles. The molecule has 3 aromatic heterocycles. The zero-order valence-electron chi connectivity index (χ0n) is 18.2. The van der Waals surface area contributed by atoms with Gasteiger partial charge in [-0.1, -0.05) is 5.16 Å². The maximum atomic E-state index is 9.20. The van der Waals surface area contributed by atoms with Crippen LogP contribution in [0.5, 0.6) is 5.75 Å². The topological polar surface area (TPSA) is 99.1 Å². The number of hydrogen-bond acceptors (Lipinski definition) is 7. The number of aryl methyl sites for hydroxylation is 2. The van der Waals surface area contributed by atoms with Crippen LogP contribution in [0.1, 0.15) is 36.0 Å². The molecular formula is C22H26N6O3. The van der Waals surface area contributed by atoms with Crippen LogP contribution in [0, 0.1) is 13.8 Å². The molecule has 0 spiro atoms. The van der Waals surface area contributed by atoms with Crippen LogP contribution >= 0.6 is 0 Å². The van der Waals surface area contributed by atoms with Crippen molar-refractivity contribution in [2.24, 2.45) is 5.16 Å². The zero-order chi connectivity index (χ0) is 22.0. The predicted molar refractivity (Wildman–Crippen MR) is 117 cm³/mol. The van der Waals surface area contributed by atoms with Crippen LogP contribution in [-0.4, -0.2) is 48.7 Å². The van der Waals surface area contributed by atoms with Crippen molar-refractivity contribution in [3.8, 4) is 5.75 Å². The Bertz CT molecular complexity index is 1240. The van der Waals surface area contributed by atoms with Crippen LogP contribution < -0.4 is 4.74 Å². The zero-order valence-corrected chi connectivity index (χ0v) is 18.2. The van der Waals surface area contributed by atoms with Crippen LogP contribution in [0.2, 0.25) is 0 Å². The van der Waals surface area contributed by atoms with Crippen LogP contribution in [0.15, 0.2) is 35.7 Å². The number of aliphatic hydroxyl groups excluding tert-OH is 1. The fraction of sp³-hybridized carbons (Fsp3) is 0.364. The van der Waals surface area contributed by atoms with Crippen molar-refractivity contribution in [3.05, 3.63) is 53.2 Å². The van der Waals surface area contributed by atoms with Gasteiger partial charge in [0.05, 0.1) is 18.2 Å². The minimum Gasteiger partial charge on any atom is -0.497 e. The molecule has 0 aliphatic heterocycles. The lowest BCUT2D eigenvalue weighted by Crippen LogP contribution is -2.03. The van der Waals surface area contributed by atoms with Gasteiger partial charge in [-0.05, 0) is 62.6 Å². The average molecular weight is 422 g/mol. The number of fused-ring (bicyclic) bond motifs is 3. The van der Waals surface area contributed by atoms with E-state index in [2.05, 4.69) is 38.6 Å². The number of hydrogen-bond donors (Lipinski definition) is 1. The third kappa shape index (κ3) is 3.96. The number of aromatic nitrogens is 5. The predicted octanol–water partition coefficient (Wildman–Crippen LogP) is 3.03. The molecule has 4 aromatic rings. The van der Waals surface area contributed by atoms with Gasteiger partial charge in [-0.25, -0.2) is 14.5 Å². The van der Waals surface area contributed by atoms with Gasteiger partial charge in [-0.3, -0.25) is 0 Å². The fourth-order valence-electron chi connectivity index (χ4n) is 3.61. The van der Waals surface area contributed by atoms with Crippen molar-refractivity contribution in [2.75, 3.05) is 13.7 Å². The summed E-state index contributed by atoms with van der Waals surface area (Å²) in [6, 6.07) is 7.62. The molecule has 162 valence electrons. The molecule has 9 nitrogen and oxygen atoms in total. The number of ether oxygens (including phenoxy) is 1. The van der Waals surface area contributed by atoms with Gasteiger partial charge >= 0.3 is 0 Å². The van der Waals surface area contributed by atoms with Crippen molar-refractivity contribution in [3.63, 3.8) is 0 Å². The Morgan fingerprint density at radius 2 is 1.94 bits per heavy atom. The molecule has 0 amide bonds. The summed E-state index contributed by atoms with van der Waals surface area (Å²) in [6.07, 6.45) is 2.34. The third-order valence-corrected chi connectivity index (χ3v) is 5.43. The van der Waals surface area contributed by atoms with E-state index >= 15 is 0 Å². The van der Waals surface area contributed by atoms with E-state index < -0.39 is 0 Å². The van der Waals surface area contributed by atoms with Crippen LogP contribution in [0.4, 0.5) is 0 Å². The largest absolute Gasteiger partial charge is 0.497 e. The van der Waals surface area contributed by atoms with Gasteiger partial charge in [0.2, 0.25) is 0 Å². The third-order valence-electron chi connectivity index (χ3n) is 5.43. The molecule has 0 aliphatic rings. The highest BCUT2D eigenvalue weighted by molar-refractivity contribution is 5.98. The van der Waals surface area contributed by atoms with Crippen molar-refractivity contribution < 1.29 is 14.7 Å². The smallest absolute Gasteiger partial charge is 0.192 e. The van der Waals surface area contributed by atoms with Crippen molar-refractivity contribution in [2.45, 2.75) is 40.3 Å². The Morgan fingerprint density at radius 1 is 1.16 bits per heavy atom. The molecule has 0 saturated carbocycles. The Morgan fingerprint density at radius 3 is 2.65 bits per heavy atom. The normalized spacial score (nSPS) is 12.1. The average Bonchev–Trinajstić information content (AvgIpc) is 3.31. The quantitative estimate of drug-likeness (QED) is 0.346. The number of rotatable bonds is 8. The summed E-state index contributed by atoms with van der Waals surface area (Å²) in [6.45, 7) is 7.00. The van der Waals surface area contributed by atoms with Crippen LogP contribution in [0.3, 0.4) is 0 Å². The lowest BCUT2D eigenvalue weighted by atomic mass is 10.1. The van der Waals surface area contributed by atoms with Gasteiger partial charge in [0.25, 0.3) is 0 Å². The van der Waals surface area contributed by atoms with Gasteiger partial charge in [-0.15, -0.1) is 5.10 Å². The molecular weight excluding hydrogens is 396 g/mol. The van der Waals surface area contributed by atoms with Gasteiger partial charge in [0.1, 0.15) is 17.7 Å². The van der Waals surface area contributed by atoms with Gasteiger partial charge in [-0.2, -0.15) is 0 Å². The molecule has 0 atom stereocenters. The first-order chi connectivity index (χ1) is 15.0. The van der Waals surface area contributed by atoms with Gasteiger partial charge in [0, 0.05) is 18.8 Å². The monoisotopic (exact) mass is 422 g/mol. The summed E-state index contributed by atoms with van der Waals surface area (Å²) in [5.74, 6) is 1.32. The highest BCUT2D eigenvalue weighted by Crippen LogP contribution is 2.27. The van der Waals surface area contributed by atoms with Crippen molar-refractivity contribution >= 4 is 22.4 Å². The first-order valence-corrected chi connectivity index (χ1v) is 10.1. The molecule has 1 N–H and O–H groups in total. The maximum absolute atomic E-state index is 9.20. The SMILES string of the molecule is COc1ccc(/C(C)=N/OCc2nc3c4c(C)c(C)n(CCCO)c4ncn3n2)cc1. The number of methoxy groups -OCH3 is 1. The van der Waals surface area contributed by atoms with Crippen LogP contribution in [-0.2, 0) is 18.0 Å². The molecule has 9 heteroatoms. The van der Waals surface area contributed by atoms with E-state index in [0.29, 0.717) is 18.8 Å².